The van der Waals surface area contributed by atoms with Gasteiger partial charge in [0.25, 0.3) is 0 Å². The van der Waals surface area contributed by atoms with Gasteiger partial charge >= 0.3 is 0 Å². The summed E-state index contributed by atoms with van der Waals surface area (Å²) < 4.78 is 5.43. The summed E-state index contributed by atoms with van der Waals surface area (Å²) in [5.41, 5.74) is 2.90. The molecule has 1 atom stereocenters. The van der Waals surface area contributed by atoms with E-state index in [4.69, 9.17) is 4.74 Å². The number of ether oxygens (including phenoxy) is 1. The molecule has 0 aromatic heterocycles. The molecule has 2 rings (SSSR count). The first kappa shape index (κ1) is 12.7. The Morgan fingerprint density at radius 1 is 1.18 bits per heavy atom. The summed E-state index contributed by atoms with van der Waals surface area (Å²) in [7, 11) is 0. The Kier molecular flexibility index (Phi) is 4.24. The Bertz CT molecular complexity index is 312. The molecule has 17 heavy (non-hydrogen) atoms. The van der Waals surface area contributed by atoms with E-state index in [2.05, 4.69) is 42.8 Å². The molecule has 3 heteroatoms. The Morgan fingerprint density at radius 2 is 1.88 bits per heavy atom. The van der Waals surface area contributed by atoms with Gasteiger partial charge in [-0.05, 0) is 33.4 Å². The number of hydrogen-bond donors (Lipinski definition) is 0. The second-order valence-electron chi connectivity index (χ2n) is 5.08. The first-order chi connectivity index (χ1) is 8.20. The first-order valence-electron chi connectivity index (χ1n) is 6.62. The highest BCUT2D eigenvalue weighted by Crippen LogP contribution is 2.23. The maximum Gasteiger partial charge on any atom is 0.0594 e. The van der Waals surface area contributed by atoms with Crippen LogP contribution in [0, 0.1) is 0 Å². The smallest absolute Gasteiger partial charge is 0.0594 e. The number of nitrogens with zero attached hydrogens (tertiary/aromatic N) is 2. The molecule has 96 valence electrons. The van der Waals surface area contributed by atoms with Crippen molar-refractivity contribution in [1.82, 2.24) is 9.80 Å². The highest BCUT2D eigenvalue weighted by molar-refractivity contribution is 5.20. The second-order valence-corrected chi connectivity index (χ2v) is 5.08. The van der Waals surface area contributed by atoms with Crippen molar-refractivity contribution in [3.8, 4) is 0 Å². The zero-order valence-corrected chi connectivity index (χ0v) is 11.3. The molecule has 2 heterocycles. The van der Waals surface area contributed by atoms with Gasteiger partial charge in [-0.2, -0.15) is 0 Å². The lowest BCUT2D eigenvalue weighted by atomic mass is 10.1. The summed E-state index contributed by atoms with van der Waals surface area (Å²) in [5, 5.41) is 0. The van der Waals surface area contributed by atoms with Crippen molar-refractivity contribution >= 4 is 0 Å². The summed E-state index contributed by atoms with van der Waals surface area (Å²) in [4.78, 5) is 4.94. The van der Waals surface area contributed by atoms with Gasteiger partial charge in [-0.1, -0.05) is 11.6 Å². The van der Waals surface area contributed by atoms with Crippen molar-refractivity contribution in [2.75, 3.05) is 32.8 Å². The van der Waals surface area contributed by atoms with Gasteiger partial charge in [-0.15, -0.1) is 0 Å². The normalized spacial score (nSPS) is 22.9. The fraction of sp³-hybridized carbons (Fsp3) is 0.714. The van der Waals surface area contributed by atoms with Crippen molar-refractivity contribution in [1.29, 1.82) is 0 Å². The van der Waals surface area contributed by atoms with E-state index in [9.17, 15) is 0 Å². The minimum absolute atomic E-state index is 0.492. The van der Waals surface area contributed by atoms with Gasteiger partial charge in [0.2, 0.25) is 0 Å². The zero-order chi connectivity index (χ0) is 12.3. The molecule has 1 fully saturated rings. The molecule has 1 unspecified atom stereocenters. The molecule has 0 saturated carbocycles. The lowest BCUT2D eigenvalue weighted by molar-refractivity contribution is 0.0230. The van der Waals surface area contributed by atoms with E-state index >= 15 is 0 Å². The molecular formula is C14H24N2O. The van der Waals surface area contributed by atoms with E-state index in [1.54, 1.807) is 0 Å². The van der Waals surface area contributed by atoms with Crippen molar-refractivity contribution in [3.05, 3.63) is 23.5 Å². The molecule has 0 aliphatic carbocycles. The standard InChI is InChI=1S/C14H24N2O/c1-12(2)14(16-6-4-5-7-16)13(3)15-8-10-17-11-9-15/h4,6,13H,5,7-11H2,1-3H3. The summed E-state index contributed by atoms with van der Waals surface area (Å²) >= 11 is 0. The third-order valence-electron chi connectivity index (χ3n) is 3.63. The maximum atomic E-state index is 5.43. The molecule has 0 aromatic carbocycles. The minimum atomic E-state index is 0.492. The van der Waals surface area contributed by atoms with Crippen LogP contribution in [0.2, 0.25) is 0 Å². The van der Waals surface area contributed by atoms with E-state index < -0.39 is 0 Å². The number of rotatable bonds is 3. The van der Waals surface area contributed by atoms with Crippen LogP contribution in [0.25, 0.3) is 0 Å². The summed E-state index contributed by atoms with van der Waals surface area (Å²) in [6.07, 6.45) is 5.67. The molecule has 0 aromatic rings. The predicted octanol–water partition coefficient (Wildman–Crippen LogP) is 2.22. The van der Waals surface area contributed by atoms with Crippen LogP contribution in [-0.4, -0.2) is 48.7 Å². The molecule has 0 N–H and O–H groups in total. The van der Waals surface area contributed by atoms with Crippen LogP contribution >= 0.6 is 0 Å². The Balaban J connectivity index is 2.10. The zero-order valence-electron chi connectivity index (χ0n) is 11.3. The summed E-state index contributed by atoms with van der Waals surface area (Å²) in [6.45, 7) is 11.7. The van der Waals surface area contributed by atoms with Gasteiger partial charge in [0.15, 0.2) is 0 Å². The lowest BCUT2D eigenvalue weighted by Crippen LogP contribution is -2.45. The average molecular weight is 236 g/mol. The molecule has 0 radical (unpaired) electrons. The quantitative estimate of drug-likeness (QED) is 0.747. The lowest BCUT2D eigenvalue weighted by Gasteiger charge is -2.37. The molecule has 0 bridgehead atoms. The van der Waals surface area contributed by atoms with Gasteiger partial charge in [0.1, 0.15) is 0 Å². The Morgan fingerprint density at radius 3 is 2.41 bits per heavy atom. The van der Waals surface area contributed by atoms with Crippen LogP contribution in [-0.2, 0) is 4.74 Å². The molecule has 2 aliphatic heterocycles. The van der Waals surface area contributed by atoms with Gasteiger partial charge in [0.05, 0.1) is 13.2 Å². The van der Waals surface area contributed by atoms with Crippen molar-refractivity contribution in [2.24, 2.45) is 0 Å². The van der Waals surface area contributed by atoms with Crippen LogP contribution in [0.4, 0.5) is 0 Å². The van der Waals surface area contributed by atoms with E-state index in [1.807, 2.05) is 0 Å². The van der Waals surface area contributed by atoms with Crippen LogP contribution in [0.5, 0.6) is 0 Å². The number of allylic oxidation sites excluding steroid dienone is 1. The van der Waals surface area contributed by atoms with E-state index in [1.165, 1.54) is 17.7 Å². The fourth-order valence-corrected chi connectivity index (χ4v) is 2.77. The predicted molar refractivity (Wildman–Crippen MR) is 70.7 cm³/mol. The molecule has 2 aliphatic rings. The summed E-state index contributed by atoms with van der Waals surface area (Å²) in [5.74, 6) is 0. The third-order valence-corrected chi connectivity index (χ3v) is 3.63. The van der Waals surface area contributed by atoms with Crippen molar-refractivity contribution in [3.63, 3.8) is 0 Å². The van der Waals surface area contributed by atoms with E-state index in [0.29, 0.717) is 6.04 Å². The Labute approximate surface area is 105 Å². The van der Waals surface area contributed by atoms with E-state index in [-0.39, 0.29) is 0 Å². The molecular weight excluding hydrogens is 212 g/mol. The molecule has 0 spiro atoms. The number of morpholine rings is 1. The largest absolute Gasteiger partial charge is 0.379 e. The number of hydrogen-bond acceptors (Lipinski definition) is 3. The minimum Gasteiger partial charge on any atom is -0.379 e. The van der Waals surface area contributed by atoms with Crippen molar-refractivity contribution < 1.29 is 4.74 Å². The topological polar surface area (TPSA) is 15.7 Å². The third kappa shape index (κ3) is 2.90. The van der Waals surface area contributed by atoms with Gasteiger partial charge in [-0.25, -0.2) is 0 Å². The molecule has 1 saturated heterocycles. The van der Waals surface area contributed by atoms with Gasteiger partial charge < -0.3 is 9.64 Å². The maximum absolute atomic E-state index is 5.43. The highest BCUT2D eigenvalue weighted by Gasteiger charge is 2.24. The Hall–Kier alpha value is -0.800. The summed E-state index contributed by atoms with van der Waals surface area (Å²) in [6, 6.07) is 0.492. The average Bonchev–Trinajstić information content (AvgIpc) is 2.83. The van der Waals surface area contributed by atoms with Crippen LogP contribution < -0.4 is 0 Å². The van der Waals surface area contributed by atoms with Gasteiger partial charge in [-0.3, -0.25) is 4.90 Å². The molecule has 3 nitrogen and oxygen atoms in total. The molecule has 0 amide bonds. The SMILES string of the molecule is CC(C)=C(C(C)N1CCOCC1)N1C=CCC1. The van der Waals surface area contributed by atoms with Crippen LogP contribution in [0.1, 0.15) is 27.2 Å². The highest BCUT2D eigenvalue weighted by atomic mass is 16.5. The van der Waals surface area contributed by atoms with Crippen LogP contribution in [0.15, 0.2) is 23.5 Å². The first-order valence-corrected chi connectivity index (χ1v) is 6.62. The van der Waals surface area contributed by atoms with Gasteiger partial charge in [0, 0.05) is 31.4 Å². The van der Waals surface area contributed by atoms with E-state index in [0.717, 1.165) is 32.8 Å². The van der Waals surface area contributed by atoms with Crippen LogP contribution in [0.3, 0.4) is 0 Å². The van der Waals surface area contributed by atoms with Crippen molar-refractivity contribution in [2.45, 2.75) is 33.2 Å². The second kappa shape index (κ2) is 5.69. The monoisotopic (exact) mass is 236 g/mol. The fourth-order valence-electron chi connectivity index (χ4n) is 2.77.